The average Bonchev–Trinajstić information content (AvgIpc) is 2.30. The maximum atomic E-state index is 12.6. The smallest absolute Gasteiger partial charge is 0.418 e. The Hall–Kier alpha value is -1.23. The third kappa shape index (κ3) is 3.41. The van der Waals surface area contributed by atoms with E-state index in [4.69, 9.17) is 4.74 Å². The van der Waals surface area contributed by atoms with E-state index in [0.29, 0.717) is 29.0 Å². The minimum atomic E-state index is -4.66. The summed E-state index contributed by atoms with van der Waals surface area (Å²) in [5.74, 6) is 0.579. The number of benzene rings is 1. The zero-order valence-electron chi connectivity index (χ0n) is 11.6. The lowest BCUT2D eigenvalue weighted by Crippen LogP contribution is -2.22. The van der Waals surface area contributed by atoms with Crippen molar-refractivity contribution in [2.75, 3.05) is 6.61 Å². The van der Waals surface area contributed by atoms with E-state index in [9.17, 15) is 18.3 Å². The fourth-order valence-corrected chi connectivity index (χ4v) is 2.01. The first kappa shape index (κ1) is 15.8. The molecule has 0 radical (unpaired) electrons. The molecule has 0 spiro atoms. The van der Waals surface area contributed by atoms with Gasteiger partial charge >= 0.3 is 6.18 Å². The van der Waals surface area contributed by atoms with Crippen molar-refractivity contribution in [1.82, 2.24) is 0 Å². The molecular weight excluding hydrogens is 257 g/mol. The van der Waals surface area contributed by atoms with Crippen LogP contribution in [0.4, 0.5) is 13.2 Å². The molecule has 1 aromatic rings. The second-order valence-electron chi connectivity index (χ2n) is 4.65. The van der Waals surface area contributed by atoms with Gasteiger partial charge in [0.05, 0.1) is 6.61 Å². The van der Waals surface area contributed by atoms with Crippen LogP contribution in [0.25, 0.3) is 0 Å². The molecule has 0 fully saturated rings. The number of halogens is 3. The molecule has 5 heteroatoms. The Morgan fingerprint density at radius 3 is 2.26 bits per heavy atom. The monoisotopic (exact) mass is 276 g/mol. The SMILES string of the molecule is CCCOc1cc(C)c(C(O)C(F)(F)F)c(C)c1C. The number of aryl methyl sites for hydroxylation is 1. The van der Waals surface area contributed by atoms with Gasteiger partial charge in [-0.15, -0.1) is 0 Å². The van der Waals surface area contributed by atoms with Crippen LogP contribution < -0.4 is 4.74 Å². The molecule has 0 saturated heterocycles. The van der Waals surface area contributed by atoms with Gasteiger partial charge < -0.3 is 9.84 Å². The lowest BCUT2D eigenvalue weighted by molar-refractivity contribution is -0.207. The van der Waals surface area contributed by atoms with E-state index in [2.05, 4.69) is 0 Å². The van der Waals surface area contributed by atoms with E-state index < -0.39 is 12.3 Å². The molecule has 2 nitrogen and oxygen atoms in total. The number of alkyl halides is 3. The quantitative estimate of drug-likeness (QED) is 0.900. The molecule has 0 bridgehead atoms. The second kappa shape index (κ2) is 5.82. The highest BCUT2D eigenvalue weighted by Crippen LogP contribution is 2.39. The van der Waals surface area contributed by atoms with Crippen molar-refractivity contribution in [2.24, 2.45) is 0 Å². The minimum absolute atomic E-state index is 0.0751. The fourth-order valence-electron chi connectivity index (χ4n) is 2.01. The van der Waals surface area contributed by atoms with Crippen LogP contribution in [0.1, 0.15) is 41.7 Å². The summed E-state index contributed by atoms with van der Waals surface area (Å²) in [5, 5.41) is 9.44. The summed E-state index contributed by atoms with van der Waals surface area (Å²) in [7, 11) is 0. The topological polar surface area (TPSA) is 29.5 Å². The van der Waals surface area contributed by atoms with Crippen molar-refractivity contribution in [3.63, 3.8) is 0 Å². The molecule has 0 saturated carbocycles. The highest BCUT2D eigenvalue weighted by molar-refractivity contribution is 5.49. The predicted molar refractivity (Wildman–Crippen MR) is 67.5 cm³/mol. The van der Waals surface area contributed by atoms with Gasteiger partial charge in [-0.1, -0.05) is 6.92 Å². The molecule has 0 aromatic heterocycles. The third-order valence-corrected chi connectivity index (χ3v) is 3.15. The predicted octanol–water partition coefficient (Wildman–Crippen LogP) is 4.00. The van der Waals surface area contributed by atoms with E-state index in [1.165, 1.54) is 0 Å². The first-order chi connectivity index (χ1) is 8.70. The number of aliphatic hydroxyl groups excluding tert-OH is 1. The van der Waals surface area contributed by atoms with Gasteiger partial charge in [0.2, 0.25) is 0 Å². The number of rotatable bonds is 4. The summed E-state index contributed by atoms with van der Waals surface area (Å²) in [6.07, 6.45) is -6.29. The van der Waals surface area contributed by atoms with E-state index in [1.807, 2.05) is 6.92 Å². The summed E-state index contributed by atoms with van der Waals surface area (Å²) in [6, 6.07) is 1.56. The molecule has 1 unspecified atom stereocenters. The highest BCUT2D eigenvalue weighted by atomic mass is 19.4. The molecule has 1 N–H and O–H groups in total. The molecule has 19 heavy (non-hydrogen) atoms. The lowest BCUT2D eigenvalue weighted by Gasteiger charge is -2.22. The molecule has 0 heterocycles. The number of hydrogen-bond donors (Lipinski definition) is 1. The van der Waals surface area contributed by atoms with Crippen LogP contribution in [-0.4, -0.2) is 17.9 Å². The standard InChI is InChI=1S/C14H19F3O2/c1-5-6-19-11-7-8(2)12(10(4)9(11)3)13(18)14(15,16)17/h7,13,18H,5-6H2,1-4H3. The zero-order valence-corrected chi connectivity index (χ0v) is 11.6. The molecule has 0 aliphatic rings. The Morgan fingerprint density at radius 2 is 1.79 bits per heavy atom. The van der Waals surface area contributed by atoms with E-state index in [0.717, 1.165) is 6.42 Å². The second-order valence-corrected chi connectivity index (χ2v) is 4.65. The summed E-state index contributed by atoms with van der Waals surface area (Å²) in [5.41, 5.74) is 1.38. The molecule has 0 amide bonds. The maximum absolute atomic E-state index is 12.6. The molecule has 1 aromatic carbocycles. The molecule has 108 valence electrons. The van der Waals surface area contributed by atoms with Gasteiger partial charge in [-0.2, -0.15) is 13.2 Å². The van der Waals surface area contributed by atoms with Crippen LogP contribution in [0, 0.1) is 20.8 Å². The van der Waals surface area contributed by atoms with Crippen LogP contribution in [0.3, 0.4) is 0 Å². The van der Waals surface area contributed by atoms with Gasteiger partial charge in [-0.05, 0) is 55.5 Å². The Bertz CT molecular complexity index is 453. The van der Waals surface area contributed by atoms with Crippen molar-refractivity contribution in [2.45, 2.75) is 46.4 Å². The molecular formula is C14H19F3O2. The molecule has 0 aliphatic heterocycles. The van der Waals surface area contributed by atoms with Crippen LogP contribution in [0.5, 0.6) is 5.75 Å². The largest absolute Gasteiger partial charge is 0.493 e. The summed E-state index contributed by atoms with van der Waals surface area (Å²) in [4.78, 5) is 0. The van der Waals surface area contributed by atoms with Gasteiger partial charge in [0.25, 0.3) is 0 Å². The van der Waals surface area contributed by atoms with Crippen molar-refractivity contribution < 1.29 is 23.0 Å². The first-order valence-electron chi connectivity index (χ1n) is 6.18. The number of hydrogen-bond acceptors (Lipinski definition) is 2. The van der Waals surface area contributed by atoms with Crippen LogP contribution in [-0.2, 0) is 0 Å². The Morgan fingerprint density at radius 1 is 1.21 bits per heavy atom. The van der Waals surface area contributed by atoms with Gasteiger partial charge in [0, 0.05) is 0 Å². The Labute approximate surface area is 111 Å². The van der Waals surface area contributed by atoms with Crippen LogP contribution in [0.15, 0.2) is 6.07 Å². The first-order valence-corrected chi connectivity index (χ1v) is 6.18. The average molecular weight is 276 g/mol. The van der Waals surface area contributed by atoms with Crippen molar-refractivity contribution in [3.8, 4) is 5.75 Å². The molecule has 0 aliphatic carbocycles. The van der Waals surface area contributed by atoms with Crippen molar-refractivity contribution in [1.29, 1.82) is 0 Å². The third-order valence-electron chi connectivity index (χ3n) is 3.15. The summed E-state index contributed by atoms with van der Waals surface area (Å²) < 4.78 is 43.5. The minimum Gasteiger partial charge on any atom is -0.493 e. The normalized spacial score (nSPS) is 13.5. The summed E-state index contributed by atoms with van der Waals surface area (Å²) >= 11 is 0. The zero-order chi connectivity index (χ0) is 14.8. The van der Waals surface area contributed by atoms with E-state index in [1.54, 1.807) is 26.8 Å². The van der Waals surface area contributed by atoms with E-state index >= 15 is 0 Å². The highest BCUT2D eigenvalue weighted by Gasteiger charge is 2.41. The molecule has 1 rings (SSSR count). The number of ether oxygens (including phenoxy) is 1. The van der Waals surface area contributed by atoms with Crippen LogP contribution >= 0.6 is 0 Å². The van der Waals surface area contributed by atoms with Crippen molar-refractivity contribution in [3.05, 3.63) is 28.3 Å². The fraction of sp³-hybridized carbons (Fsp3) is 0.571. The Kier molecular flexibility index (Phi) is 4.85. The van der Waals surface area contributed by atoms with Crippen molar-refractivity contribution >= 4 is 0 Å². The number of aliphatic hydroxyl groups is 1. The van der Waals surface area contributed by atoms with Crippen LogP contribution in [0.2, 0.25) is 0 Å². The van der Waals surface area contributed by atoms with E-state index in [-0.39, 0.29) is 5.56 Å². The molecule has 1 atom stereocenters. The summed E-state index contributed by atoms with van der Waals surface area (Å²) in [6.45, 7) is 7.30. The maximum Gasteiger partial charge on any atom is 0.418 e. The van der Waals surface area contributed by atoms with Gasteiger partial charge in [-0.25, -0.2) is 0 Å². The van der Waals surface area contributed by atoms with Gasteiger partial charge in [-0.3, -0.25) is 0 Å². The lowest BCUT2D eigenvalue weighted by atomic mass is 9.93. The van der Waals surface area contributed by atoms with Gasteiger partial charge in [0.15, 0.2) is 6.10 Å². The van der Waals surface area contributed by atoms with Gasteiger partial charge in [0.1, 0.15) is 5.75 Å². The Balaban J connectivity index is 3.26.